The first-order chi connectivity index (χ1) is 11.9. The summed E-state index contributed by atoms with van der Waals surface area (Å²) in [5.74, 6) is -2.43. The lowest BCUT2D eigenvalue weighted by Gasteiger charge is -2.18. The largest absolute Gasteiger partial charge is 0.450 e. The van der Waals surface area contributed by atoms with Crippen molar-refractivity contribution in [2.24, 2.45) is 0 Å². The molecule has 0 aliphatic rings. The van der Waals surface area contributed by atoms with Gasteiger partial charge < -0.3 is 14.6 Å². The van der Waals surface area contributed by atoms with Crippen molar-refractivity contribution in [2.45, 2.75) is 6.92 Å². The molecular weight excluding hydrogens is 398 g/mol. The molecule has 1 N–H and O–H groups in total. The van der Waals surface area contributed by atoms with Gasteiger partial charge in [-0.1, -0.05) is 6.07 Å². The van der Waals surface area contributed by atoms with Gasteiger partial charge in [-0.25, -0.2) is 8.78 Å². The highest BCUT2D eigenvalue weighted by molar-refractivity contribution is 9.10. The Morgan fingerprint density at radius 2 is 1.92 bits per heavy atom. The van der Waals surface area contributed by atoms with Crippen LogP contribution in [0.4, 0.5) is 14.5 Å². The van der Waals surface area contributed by atoms with E-state index in [1.165, 1.54) is 23.1 Å². The molecule has 5 nitrogen and oxygen atoms in total. The molecule has 0 unspecified atom stereocenters. The summed E-state index contributed by atoms with van der Waals surface area (Å²) in [6.45, 7) is 1.60. The Labute approximate surface area is 151 Å². The van der Waals surface area contributed by atoms with Gasteiger partial charge >= 0.3 is 0 Å². The molecule has 2 aromatic rings. The van der Waals surface area contributed by atoms with Crippen molar-refractivity contribution >= 4 is 39.5 Å². The molecule has 0 aliphatic carbocycles. The maximum atomic E-state index is 13.5. The van der Waals surface area contributed by atoms with Crippen LogP contribution in [-0.2, 0) is 9.59 Å². The van der Waals surface area contributed by atoms with Gasteiger partial charge in [0.05, 0.1) is 0 Å². The van der Waals surface area contributed by atoms with Crippen molar-refractivity contribution in [3.05, 3.63) is 58.5 Å². The topological polar surface area (TPSA) is 62.6 Å². The average Bonchev–Trinajstić information content (AvgIpc) is 2.99. The third-order valence-electron chi connectivity index (χ3n) is 3.24. The first-order valence-corrected chi connectivity index (χ1v) is 8.16. The predicted octanol–water partition coefficient (Wildman–Crippen LogP) is 3.82. The first-order valence-electron chi connectivity index (χ1n) is 7.37. The van der Waals surface area contributed by atoms with Gasteiger partial charge in [-0.15, -0.1) is 0 Å². The molecule has 1 heterocycles. The van der Waals surface area contributed by atoms with E-state index in [0.29, 0.717) is 10.4 Å². The van der Waals surface area contributed by atoms with Crippen LogP contribution in [0.25, 0.3) is 6.08 Å². The number of hydrogen-bond donors (Lipinski definition) is 1. The normalized spacial score (nSPS) is 10.9. The van der Waals surface area contributed by atoms with Gasteiger partial charge in [-0.3, -0.25) is 9.59 Å². The van der Waals surface area contributed by atoms with E-state index >= 15 is 0 Å². The van der Waals surface area contributed by atoms with Crippen LogP contribution >= 0.6 is 15.9 Å². The van der Waals surface area contributed by atoms with Crippen molar-refractivity contribution in [3.63, 3.8) is 0 Å². The van der Waals surface area contributed by atoms with E-state index < -0.39 is 29.1 Å². The summed E-state index contributed by atoms with van der Waals surface area (Å²) in [6.07, 6.45) is 2.72. The number of likely N-dealkylation sites (N-methyl/N-ethyl adjacent to an activating group) is 1. The smallest absolute Gasteiger partial charge is 0.247 e. The molecule has 1 aromatic carbocycles. The van der Waals surface area contributed by atoms with Crippen LogP contribution in [0, 0.1) is 11.6 Å². The number of nitrogens with one attached hydrogen (secondary N) is 1. The van der Waals surface area contributed by atoms with Crippen molar-refractivity contribution in [1.82, 2.24) is 4.90 Å². The monoisotopic (exact) mass is 412 g/mol. The summed E-state index contributed by atoms with van der Waals surface area (Å²) >= 11 is 3.15. The minimum atomic E-state index is -0.883. The first kappa shape index (κ1) is 18.9. The zero-order valence-electron chi connectivity index (χ0n) is 13.3. The molecule has 0 aliphatic heterocycles. The fourth-order valence-corrected chi connectivity index (χ4v) is 2.31. The molecule has 0 saturated heterocycles. The van der Waals surface area contributed by atoms with Crippen LogP contribution in [0.1, 0.15) is 12.7 Å². The van der Waals surface area contributed by atoms with E-state index in [2.05, 4.69) is 21.2 Å². The summed E-state index contributed by atoms with van der Waals surface area (Å²) in [6, 6.07) is 6.60. The number of nitrogens with zero attached hydrogens (tertiary/aromatic N) is 1. The van der Waals surface area contributed by atoms with Gasteiger partial charge in [-0.2, -0.15) is 0 Å². The summed E-state index contributed by atoms with van der Waals surface area (Å²) in [7, 11) is 0. The number of hydrogen-bond acceptors (Lipinski definition) is 3. The van der Waals surface area contributed by atoms with Crippen molar-refractivity contribution in [1.29, 1.82) is 0 Å². The van der Waals surface area contributed by atoms with E-state index in [-0.39, 0.29) is 13.1 Å². The van der Waals surface area contributed by atoms with Crippen molar-refractivity contribution in [3.8, 4) is 0 Å². The van der Waals surface area contributed by atoms with E-state index in [1.54, 1.807) is 19.1 Å². The Bertz CT molecular complexity index is 785. The predicted molar refractivity (Wildman–Crippen MR) is 92.7 cm³/mol. The number of anilines is 1. The molecule has 1 aromatic heterocycles. The van der Waals surface area contributed by atoms with Gasteiger partial charge in [0.15, 0.2) is 4.67 Å². The zero-order chi connectivity index (χ0) is 18.4. The number of halogens is 3. The van der Waals surface area contributed by atoms with Crippen LogP contribution in [-0.4, -0.2) is 29.8 Å². The van der Waals surface area contributed by atoms with E-state index in [4.69, 9.17) is 4.42 Å². The molecule has 0 spiro atoms. The van der Waals surface area contributed by atoms with Gasteiger partial charge in [-0.05, 0) is 53.2 Å². The number of benzene rings is 1. The molecule has 2 rings (SSSR count). The molecule has 0 saturated carbocycles. The molecule has 8 heteroatoms. The van der Waals surface area contributed by atoms with Gasteiger partial charge in [0.1, 0.15) is 29.6 Å². The highest BCUT2D eigenvalue weighted by Crippen LogP contribution is 2.18. The Balaban J connectivity index is 1.99. The summed E-state index contributed by atoms with van der Waals surface area (Å²) in [4.78, 5) is 25.3. The van der Waals surface area contributed by atoms with Crippen LogP contribution in [0.2, 0.25) is 0 Å². The standard InChI is InChI=1S/C17H15BrF2N2O3/c1-2-22(16(24)9-7-11-6-8-14(18)25-11)10-15(23)21-17-12(19)4-3-5-13(17)20/h3-9H,2,10H2,1H3,(H,21,23). The van der Waals surface area contributed by atoms with Gasteiger partial charge in [0, 0.05) is 12.6 Å². The van der Waals surface area contributed by atoms with E-state index in [9.17, 15) is 18.4 Å². The molecule has 0 fully saturated rings. The second-order valence-corrected chi connectivity index (χ2v) is 5.75. The lowest BCUT2D eigenvalue weighted by Crippen LogP contribution is -2.37. The number of carbonyl (C=O) groups is 2. The van der Waals surface area contributed by atoms with Crippen LogP contribution < -0.4 is 5.32 Å². The third kappa shape index (κ3) is 5.25. The fraction of sp³-hybridized carbons (Fsp3) is 0.176. The Morgan fingerprint density at radius 1 is 1.24 bits per heavy atom. The Kier molecular flexibility index (Phi) is 6.46. The number of para-hydroxylation sites is 1. The summed E-state index contributed by atoms with van der Waals surface area (Å²) in [5.41, 5.74) is -0.535. The van der Waals surface area contributed by atoms with Crippen LogP contribution in [0.3, 0.4) is 0 Å². The van der Waals surface area contributed by atoms with Crippen molar-refractivity contribution < 1.29 is 22.8 Å². The van der Waals surface area contributed by atoms with E-state index in [1.807, 2.05) is 0 Å². The lowest BCUT2D eigenvalue weighted by atomic mass is 10.3. The molecule has 0 atom stereocenters. The lowest BCUT2D eigenvalue weighted by molar-refractivity contribution is -0.130. The van der Waals surface area contributed by atoms with Gasteiger partial charge in [0.25, 0.3) is 0 Å². The highest BCUT2D eigenvalue weighted by Gasteiger charge is 2.16. The fourth-order valence-electron chi connectivity index (χ4n) is 1.99. The number of carbonyl (C=O) groups excluding carboxylic acids is 2. The quantitative estimate of drug-likeness (QED) is 0.733. The summed E-state index contributed by atoms with van der Waals surface area (Å²) < 4.78 is 32.8. The van der Waals surface area contributed by atoms with Crippen LogP contribution in [0.15, 0.2) is 45.5 Å². The molecule has 25 heavy (non-hydrogen) atoms. The molecule has 2 amide bonds. The molecule has 0 bridgehead atoms. The maximum absolute atomic E-state index is 13.5. The molecular formula is C17H15BrF2N2O3. The SMILES string of the molecule is CCN(CC(=O)Nc1c(F)cccc1F)C(=O)C=Cc1ccc(Br)o1. The summed E-state index contributed by atoms with van der Waals surface area (Å²) in [5, 5.41) is 2.14. The zero-order valence-corrected chi connectivity index (χ0v) is 14.8. The number of furan rings is 1. The Morgan fingerprint density at radius 3 is 2.48 bits per heavy atom. The minimum Gasteiger partial charge on any atom is -0.450 e. The van der Waals surface area contributed by atoms with Gasteiger partial charge in [0.2, 0.25) is 11.8 Å². The Hall–Kier alpha value is -2.48. The highest BCUT2D eigenvalue weighted by atomic mass is 79.9. The van der Waals surface area contributed by atoms with Crippen molar-refractivity contribution in [2.75, 3.05) is 18.4 Å². The molecule has 132 valence electrons. The third-order valence-corrected chi connectivity index (χ3v) is 3.67. The number of amides is 2. The maximum Gasteiger partial charge on any atom is 0.247 e. The second kappa shape index (κ2) is 8.57. The number of rotatable bonds is 6. The minimum absolute atomic E-state index is 0.248. The second-order valence-electron chi connectivity index (χ2n) is 4.97. The molecule has 0 radical (unpaired) electrons. The van der Waals surface area contributed by atoms with Crippen LogP contribution in [0.5, 0.6) is 0 Å². The average molecular weight is 413 g/mol. The van der Waals surface area contributed by atoms with E-state index in [0.717, 1.165) is 12.1 Å².